The van der Waals surface area contributed by atoms with E-state index in [0.717, 1.165) is 43.9 Å². The van der Waals surface area contributed by atoms with E-state index in [1.807, 2.05) is 30.3 Å². The summed E-state index contributed by atoms with van der Waals surface area (Å²) in [6.07, 6.45) is 7.67. The van der Waals surface area contributed by atoms with Gasteiger partial charge in [-0.2, -0.15) is 0 Å². The van der Waals surface area contributed by atoms with E-state index in [-0.39, 0.29) is 0 Å². The number of aliphatic hydroxyl groups is 1. The Morgan fingerprint density at radius 1 is 1.20 bits per heavy atom. The molecule has 0 saturated carbocycles. The molecule has 1 atom stereocenters. The van der Waals surface area contributed by atoms with Gasteiger partial charge in [-0.15, -0.1) is 0 Å². The Bertz CT molecular complexity index is 662. The summed E-state index contributed by atoms with van der Waals surface area (Å²) in [4.78, 5) is 6.72. The highest BCUT2D eigenvalue weighted by atomic mass is 16.5. The molecule has 1 aromatic heterocycles. The summed E-state index contributed by atoms with van der Waals surface area (Å²) in [5.74, 6) is 1.18. The van der Waals surface area contributed by atoms with Crippen LogP contribution in [0.25, 0.3) is 6.08 Å². The zero-order chi connectivity index (χ0) is 17.5. The fraction of sp³-hybridized carbons (Fsp3) is 0.381. The van der Waals surface area contributed by atoms with Crippen LogP contribution < -0.4 is 4.74 Å². The van der Waals surface area contributed by atoms with Gasteiger partial charge in [0.25, 0.3) is 0 Å². The summed E-state index contributed by atoms with van der Waals surface area (Å²) in [5, 5.41) is 10.5. The first-order valence-corrected chi connectivity index (χ1v) is 8.88. The van der Waals surface area contributed by atoms with Gasteiger partial charge in [0.05, 0.1) is 18.9 Å². The minimum absolute atomic E-state index is 0.303. The Morgan fingerprint density at radius 3 is 2.60 bits per heavy atom. The molecule has 0 radical (unpaired) electrons. The van der Waals surface area contributed by atoms with Gasteiger partial charge < -0.3 is 9.84 Å². The van der Waals surface area contributed by atoms with Crippen molar-refractivity contribution in [3.63, 3.8) is 0 Å². The van der Waals surface area contributed by atoms with Crippen molar-refractivity contribution in [2.75, 3.05) is 26.7 Å². The van der Waals surface area contributed by atoms with E-state index in [2.05, 4.69) is 34.2 Å². The predicted molar refractivity (Wildman–Crippen MR) is 100 cm³/mol. The number of piperidine rings is 1. The van der Waals surface area contributed by atoms with E-state index in [1.165, 1.54) is 5.56 Å². The molecule has 3 rings (SSSR count). The standard InChI is InChI=1S/C21H26N2O2/c1-25-19-9-7-17(8-10-19)5-4-14-23-15-11-18(12-16-23)21(24)20-6-2-3-13-22-20/h2-10,13,18,21,24H,11-12,14-16H2,1H3/b5-4+. The quantitative estimate of drug-likeness (QED) is 0.875. The monoisotopic (exact) mass is 338 g/mol. The Balaban J connectivity index is 1.45. The van der Waals surface area contributed by atoms with Crippen LogP contribution in [0.5, 0.6) is 5.75 Å². The van der Waals surface area contributed by atoms with Crippen molar-refractivity contribution in [1.82, 2.24) is 9.88 Å². The van der Waals surface area contributed by atoms with Crippen molar-refractivity contribution in [2.45, 2.75) is 18.9 Å². The van der Waals surface area contributed by atoms with Crippen molar-refractivity contribution in [2.24, 2.45) is 5.92 Å². The highest BCUT2D eigenvalue weighted by Crippen LogP contribution is 2.29. The van der Waals surface area contributed by atoms with Crippen LogP contribution in [0.15, 0.2) is 54.7 Å². The summed E-state index contributed by atoms with van der Waals surface area (Å²) in [6, 6.07) is 13.8. The van der Waals surface area contributed by atoms with Crippen LogP contribution in [0.1, 0.15) is 30.2 Å². The number of hydrogen-bond donors (Lipinski definition) is 1. The maximum absolute atomic E-state index is 10.5. The summed E-state index contributed by atoms with van der Waals surface area (Å²) < 4.78 is 5.17. The minimum Gasteiger partial charge on any atom is -0.497 e. The molecular weight excluding hydrogens is 312 g/mol. The van der Waals surface area contributed by atoms with E-state index in [4.69, 9.17) is 4.74 Å². The van der Waals surface area contributed by atoms with E-state index in [1.54, 1.807) is 13.3 Å². The predicted octanol–water partition coefficient (Wildman–Crippen LogP) is 3.55. The molecule has 1 N–H and O–H groups in total. The molecule has 4 heteroatoms. The molecule has 1 aromatic carbocycles. The average Bonchev–Trinajstić information content (AvgIpc) is 2.69. The third-order valence-corrected chi connectivity index (χ3v) is 4.86. The number of aromatic nitrogens is 1. The number of nitrogens with zero attached hydrogens (tertiary/aromatic N) is 2. The Labute approximate surface area is 149 Å². The van der Waals surface area contributed by atoms with Gasteiger partial charge in [0.2, 0.25) is 0 Å². The molecule has 1 aliphatic heterocycles. The first-order valence-electron chi connectivity index (χ1n) is 8.88. The van der Waals surface area contributed by atoms with Gasteiger partial charge in [-0.05, 0) is 61.7 Å². The third-order valence-electron chi connectivity index (χ3n) is 4.86. The van der Waals surface area contributed by atoms with Crippen molar-refractivity contribution < 1.29 is 9.84 Å². The lowest BCUT2D eigenvalue weighted by atomic mass is 9.89. The van der Waals surface area contributed by atoms with Gasteiger partial charge in [0, 0.05) is 12.7 Å². The highest BCUT2D eigenvalue weighted by molar-refractivity contribution is 5.50. The van der Waals surface area contributed by atoms with Crippen LogP contribution >= 0.6 is 0 Å². The van der Waals surface area contributed by atoms with Crippen LogP contribution in [0.2, 0.25) is 0 Å². The number of benzene rings is 1. The number of likely N-dealkylation sites (tertiary alicyclic amines) is 1. The first kappa shape index (κ1) is 17.6. The van der Waals surface area contributed by atoms with Gasteiger partial charge in [-0.3, -0.25) is 9.88 Å². The molecule has 0 spiro atoms. The van der Waals surface area contributed by atoms with Gasteiger partial charge in [0.1, 0.15) is 5.75 Å². The third kappa shape index (κ3) is 4.91. The Morgan fingerprint density at radius 2 is 1.96 bits per heavy atom. The maximum Gasteiger partial charge on any atom is 0.118 e. The van der Waals surface area contributed by atoms with E-state index in [0.29, 0.717) is 5.92 Å². The maximum atomic E-state index is 10.5. The number of pyridine rings is 1. The first-order chi connectivity index (χ1) is 12.3. The fourth-order valence-electron chi connectivity index (χ4n) is 3.30. The largest absolute Gasteiger partial charge is 0.497 e. The minimum atomic E-state index is -0.446. The van der Waals surface area contributed by atoms with E-state index < -0.39 is 6.10 Å². The van der Waals surface area contributed by atoms with Crippen LogP contribution in [0.3, 0.4) is 0 Å². The second-order valence-corrected chi connectivity index (χ2v) is 6.51. The topological polar surface area (TPSA) is 45.6 Å². The summed E-state index contributed by atoms with van der Waals surface area (Å²) >= 11 is 0. The highest BCUT2D eigenvalue weighted by Gasteiger charge is 2.26. The molecule has 25 heavy (non-hydrogen) atoms. The van der Waals surface area contributed by atoms with Crippen molar-refractivity contribution in [3.05, 3.63) is 66.0 Å². The van der Waals surface area contributed by atoms with E-state index >= 15 is 0 Å². The molecule has 0 bridgehead atoms. The molecule has 2 heterocycles. The molecule has 0 aliphatic carbocycles. The number of aliphatic hydroxyl groups excluding tert-OH is 1. The molecule has 132 valence electrons. The second kappa shape index (κ2) is 8.79. The average molecular weight is 338 g/mol. The molecule has 1 unspecified atom stereocenters. The van der Waals surface area contributed by atoms with Crippen LogP contribution in [-0.2, 0) is 0 Å². The molecule has 4 nitrogen and oxygen atoms in total. The zero-order valence-corrected chi connectivity index (χ0v) is 14.7. The van der Waals surface area contributed by atoms with Gasteiger partial charge in [0.15, 0.2) is 0 Å². The molecule has 1 aliphatic rings. The number of hydrogen-bond acceptors (Lipinski definition) is 4. The molecular formula is C21H26N2O2. The lowest BCUT2D eigenvalue weighted by Crippen LogP contribution is -2.35. The Hall–Kier alpha value is -2.17. The van der Waals surface area contributed by atoms with E-state index in [9.17, 15) is 5.11 Å². The smallest absolute Gasteiger partial charge is 0.118 e. The number of methoxy groups -OCH3 is 1. The van der Waals surface area contributed by atoms with Crippen LogP contribution in [0.4, 0.5) is 0 Å². The SMILES string of the molecule is COc1ccc(/C=C/CN2CCC(C(O)c3ccccn3)CC2)cc1. The summed E-state index contributed by atoms with van der Waals surface area (Å²) in [5.41, 5.74) is 1.97. The molecule has 1 fully saturated rings. The van der Waals surface area contributed by atoms with Crippen LogP contribution in [-0.4, -0.2) is 41.7 Å². The molecule has 1 saturated heterocycles. The molecule has 0 amide bonds. The van der Waals surface area contributed by atoms with Crippen LogP contribution in [0, 0.1) is 5.92 Å². The normalized spacial score (nSPS) is 17.7. The summed E-state index contributed by atoms with van der Waals surface area (Å²) in [6.45, 7) is 2.97. The molecule has 2 aromatic rings. The fourth-order valence-corrected chi connectivity index (χ4v) is 3.30. The zero-order valence-electron chi connectivity index (χ0n) is 14.7. The second-order valence-electron chi connectivity index (χ2n) is 6.51. The van der Waals surface area contributed by atoms with Gasteiger partial charge in [-0.1, -0.05) is 30.4 Å². The van der Waals surface area contributed by atoms with Crippen molar-refractivity contribution in [1.29, 1.82) is 0 Å². The Kier molecular flexibility index (Phi) is 6.20. The summed E-state index contributed by atoms with van der Waals surface area (Å²) in [7, 11) is 1.68. The van der Waals surface area contributed by atoms with Gasteiger partial charge in [-0.25, -0.2) is 0 Å². The number of rotatable bonds is 6. The van der Waals surface area contributed by atoms with Crippen molar-refractivity contribution >= 4 is 6.08 Å². The number of ether oxygens (including phenoxy) is 1. The van der Waals surface area contributed by atoms with Crippen molar-refractivity contribution in [3.8, 4) is 5.75 Å². The van der Waals surface area contributed by atoms with Gasteiger partial charge >= 0.3 is 0 Å². The lowest BCUT2D eigenvalue weighted by Gasteiger charge is -2.33. The lowest BCUT2D eigenvalue weighted by molar-refractivity contribution is 0.0592.